The van der Waals surface area contributed by atoms with E-state index in [1.165, 1.54) is 24.8 Å². The first-order valence-corrected chi connectivity index (χ1v) is 12.6. The van der Waals surface area contributed by atoms with Crippen LogP contribution < -0.4 is 10.6 Å². The first kappa shape index (κ1) is 23.8. The van der Waals surface area contributed by atoms with Crippen LogP contribution in [0, 0.1) is 0 Å². The Balaban J connectivity index is 1.10. The number of furan rings is 1. The van der Waals surface area contributed by atoms with Gasteiger partial charge in [0.15, 0.2) is 0 Å². The van der Waals surface area contributed by atoms with Crippen molar-refractivity contribution in [3.63, 3.8) is 0 Å². The molecule has 2 aromatic rings. The molecule has 0 aliphatic carbocycles. The van der Waals surface area contributed by atoms with Crippen LogP contribution in [0.1, 0.15) is 43.0 Å². The molecule has 2 saturated heterocycles. The van der Waals surface area contributed by atoms with Gasteiger partial charge in [0.1, 0.15) is 5.76 Å². The lowest BCUT2D eigenvalue weighted by Crippen LogP contribution is -2.47. The van der Waals surface area contributed by atoms with E-state index < -0.39 is 0 Å². The summed E-state index contributed by atoms with van der Waals surface area (Å²) in [5.41, 5.74) is 1.38. The summed E-state index contributed by atoms with van der Waals surface area (Å²) in [6.45, 7) is 9.86. The Labute approximate surface area is 198 Å². The lowest BCUT2D eigenvalue weighted by Gasteiger charge is -2.34. The van der Waals surface area contributed by atoms with Crippen LogP contribution in [0.25, 0.3) is 0 Å². The van der Waals surface area contributed by atoms with Crippen LogP contribution >= 0.6 is 0 Å². The number of amides is 2. The molecule has 1 aromatic heterocycles. The van der Waals surface area contributed by atoms with Crippen molar-refractivity contribution in [3.8, 4) is 0 Å². The summed E-state index contributed by atoms with van der Waals surface area (Å²) in [6.07, 6.45) is 6.40. The average molecular weight is 454 g/mol. The van der Waals surface area contributed by atoms with Gasteiger partial charge in [-0.1, -0.05) is 36.8 Å². The molecule has 1 aromatic carbocycles. The van der Waals surface area contributed by atoms with Crippen LogP contribution in [-0.2, 0) is 6.54 Å². The van der Waals surface area contributed by atoms with Crippen molar-refractivity contribution >= 4 is 6.03 Å². The predicted molar refractivity (Wildman–Crippen MR) is 131 cm³/mol. The van der Waals surface area contributed by atoms with E-state index in [0.717, 1.165) is 64.5 Å². The second-order valence-corrected chi connectivity index (χ2v) is 9.22. The molecule has 7 nitrogen and oxygen atoms in total. The van der Waals surface area contributed by atoms with Gasteiger partial charge in [-0.25, -0.2) is 4.79 Å². The van der Waals surface area contributed by atoms with Gasteiger partial charge < -0.3 is 20.0 Å². The number of hydrogen-bond donors (Lipinski definition) is 2. The molecule has 3 heterocycles. The topological polar surface area (TPSA) is 64.0 Å². The predicted octanol–water partition coefficient (Wildman–Crippen LogP) is 3.31. The number of benzene rings is 1. The van der Waals surface area contributed by atoms with Crippen LogP contribution in [0.3, 0.4) is 0 Å². The quantitative estimate of drug-likeness (QED) is 0.541. The largest absolute Gasteiger partial charge is 0.468 e. The van der Waals surface area contributed by atoms with Crippen molar-refractivity contribution in [1.29, 1.82) is 0 Å². The number of urea groups is 1. The Morgan fingerprint density at radius 3 is 2.36 bits per heavy atom. The maximum absolute atomic E-state index is 12.4. The van der Waals surface area contributed by atoms with Crippen molar-refractivity contribution in [3.05, 3.63) is 60.1 Å². The molecular formula is C26H39N5O2. The van der Waals surface area contributed by atoms with E-state index in [1.54, 1.807) is 6.26 Å². The molecule has 1 atom stereocenters. The van der Waals surface area contributed by atoms with Gasteiger partial charge >= 0.3 is 6.03 Å². The van der Waals surface area contributed by atoms with Crippen LogP contribution in [0.2, 0.25) is 0 Å². The van der Waals surface area contributed by atoms with Crippen molar-refractivity contribution < 1.29 is 9.21 Å². The zero-order valence-electron chi connectivity index (χ0n) is 19.8. The summed E-state index contributed by atoms with van der Waals surface area (Å²) in [5.74, 6) is 0.934. The average Bonchev–Trinajstić information content (AvgIpc) is 3.39. The van der Waals surface area contributed by atoms with Gasteiger partial charge in [0, 0.05) is 45.8 Å². The fraction of sp³-hybridized carbons (Fsp3) is 0.577. The Kier molecular flexibility index (Phi) is 9.21. The minimum Gasteiger partial charge on any atom is -0.468 e. The Morgan fingerprint density at radius 1 is 0.879 bits per heavy atom. The third kappa shape index (κ3) is 7.59. The smallest absolute Gasteiger partial charge is 0.314 e. The van der Waals surface area contributed by atoms with Crippen LogP contribution in [0.4, 0.5) is 4.79 Å². The fourth-order valence-corrected chi connectivity index (χ4v) is 4.89. The van der Waals surface area contributed by atoms with Crippen LogP contribution in [0.5, 0.6) is 0 Å². The molecule has 1 unspecified atom stereocenters. The molecule has 2 aliphatic rings. The summed E-state index contributed by atoms with van der Waals surface area (Å²) < 4.78 is 5.67. The second kappa shape index (κ2) is 12.8. The molecule has 2 fully saturated rings. The first-order chi connectivity index (χ1) is 16.3. The standard InChI is InChI=1S/C26H39N5O2/c32-26(28-21-24(25-11-7-20-33-25)31-14-5-2-6-15-31)27-12-8-13-29-16-18-30(19-17-29)22-23-9-3-1-4-10-23/h1,3-4,7,9-11,20,24H,2,5-6,8,12-19,21-22H2,(H2,27,28,32). The second-order valence-electron chi connectivity index (χ2n) is 9.22. The highest BCUT2D eigenvalue weighted by molar-refractivity contribution is 5.73. The van der Waals surface area contributed by atoms with Crippen LogP contribution in [0.15, 0.2) is 53.1 Å². The molecule has 4 rings (SSSR count). The van der Waals surface area contributed by atoms with Gasteiger partial charge in [-0.15, -0.1) is 0 Å². The van der Waals surface area contributed by atoms with E-state index in [1.807, 2.05) is 12.1 Å². The van der Waals surface area contributed by atoms with Crippen molar-refractivity contribution in [1.82, 2.24) is 25.3 Å². The van der Waals surface area contributed by atoms with Crippen molar-refractivity contribution in [2.45, 2.75) is 38.3 Å². The molecule has 0 saturated carbocycles. The SMILES string of the molecule is O=C(NCCCN1CCN(Cc2ccccc2)CC1)NCC(c1ccco1)N1CCCCC1. The number of hydrogen-bond acceptors (Lipinski definition) is 5. The number of carbonyl (C=O) groups excluding carboxylic acids is 1. The lowest BCUT2D eigenvalue weighted by atomic mass is 10.1. The van der Waals surface area contributed by atoms with Gasteiger partial charge in [-0.3, -0.25) is 9.80 Å². The summed E-state index contributed by atoms with van der Waals surface area (Å²) in [4.78, 5) is 19.8. The summed E-state index contributed by atoms with van der Waals surface area (Å²) in [5, 5.41) is 6.09. The molecule has 0 spiro atoms. The number of nitrogens with one attached hydrogen (secondary N) is 2. The lowest BCUT2D eigenvalue weighted by molar-refractivity contribution is 0.126. The number of piperazine rings is 1. The number of piperidine rings is 1. The molecule has 2 amide bonds. The summed E-state index contributed by atoms with van der Waals surface area (Å²) in [6, 6.07) is 14.7. The summed E-state index contributed by atoms with van der Waals surface area (Å²) in [7, 11) is 0. The van der Waals surface area contributed by atoms with E-state index in [9.17, 15) is 4.79 Å². The van der Waals surface area contributed by atoms with E-state index in [4.69, 9.17) is 4.42 Å². The molecule has 33 heavy (non-hydrogen) atoms. The number of carbonyl (C=O) groups is 1. The van der Waals surface area contributed by atoms with Gasteiger partial charge in [-0.05, 0) is 56.6 Å². The summed E-state index contributed by atoms with van der Waals surface area (Å²) >= 11 is 0. The first-order valence-electron chi connectivity index (χ1n) is 12.6. The zero-order valence-corrected chi connectivity index (χ0v) is 19.8. The molecule has 0 radical (unpaired) electrons. The van der Waals surface area contributed by atoms with Crippen molar-refractivity contribution in [2.75, 3.05) is 58.9 Å². The van der Waals surface area contributed by atoms with E-state index >= 15 is 0 Å². The van der Waals surface area contributed by atoms with Gasteiger partial charge in [0.25, 0.3) is 0 Å². The maximum Gasteiger partial charge on any atom is 0.314 e. The fourth-order valence-electron chi connectivity index (χ4n) is 4.89. The van der Waals surface area contributed by atoms with E-state index in [-0.39, 0.29) is 12.1 Å². The highest BCUT2D eigenvalue weighted by Crippen LogP contribution is 2.24. The number of rotatable bonds is 10. The normalized spacial score (nSPS) is 19.3. The Hall–Kier alpha value is -2.35. The zero-order chi connectivity index (χ0) is 22.7. The number of nitrogens with zero attached hydrogens (tertiary/aromatic N) is 3. The molecule has 180 valence electrons. The highest BCUT2D eigenvalue weighted by Gasteiger charge is 2.25. The Bertz CT molecular complexity index is 799. The molecule has 0 bridgehead atoms. The maximum atomic E-state index is 12.4. The number of likely N-dealkylation sites (tertiary alicyclic amines) is 1. The third-order valence-corrected chi connectivity index (χ3v) is 6.81. The molecule has 2 N–H and O–H groups in total. The van der Waals surface area contributed by atoms with E-state index in [0.29, 0.717) is 13.1 Å². The van der Waals surface area contributed by atoms with Gasteiger partial charge in [0.05, 0.1) is 12.3 Å². The minimum absolute atomic E-state index is 0.0868. The monoisotopic (exact) mass is 453 g/mol. The molecular weight excluding hydrogens is 414 g/mol. The van der Waals surface area contributed by atoms with Gasteiger partial charge in [-0.2, -0.15) is 0 Å². The van der Waals surface area contributed by atoms with E-state index in [2.05, 4.69) is 55.7 Å². The van der Waals surface area contributed by atoms with Crippen LogP contribution in [-0.4, -0.2) is 79.6 Å². The highest BCUT2D eigenvalue weighted by atomic mass is 16.3. The molecule has 7 heteroatoms. The minimum atomic E-state index is -0.0868. The Morgan fingerprint density at radius 2 is 1.64 bits per heavy atom. The third-order valence-electron chi connectivity index (χ3n) is 6.81. The molecule has 2 aliphatic heterocycles. The van der Waals surface area contributed by atoms with Crippen molar-refractivity contribution in [2.24, 2.45) is 0 Å². The van der Waals surface area contributed by atoms with Gasteiger partial charge in [0.2, 0.25) is 0 Å².